The molecule has 0 saturated carbocycles. The molecule has 1 unspecified atom stereocenters. The van der Waals surface area contributed by atoms with Gasteiger partial charge in [0.05, 0.1) is 5.29 Å². The maximum absolute atomic E-state index is 10.4. The van der Waals surface area contributed by atoms with Crippen LogP contribution in [0.15, 0.2) is 29.6 Å². The molecular formula is C10H13ClN2O2. The van der Waals surface area contributed by atoms with E-state index in [-0.39, 0.29) is 0 Å². The summed E-state index contributed by atoms with van der Waals surface area (Å²) in [6, 6.07) is 7.12. The zero-order valence-electron chi connectivity index (χ0n) is 8.68. The van der Waals surface area contributed by atoms with Crippen molar-refractivity contribution in [2.24, 2.45) is 5.29 Å². The molecule has 82 valence electrons. The van der Waals surface area contributed by atoms with Gasteiger partial charge in [0, 0.05) is 24.2 Å². The lowest BCUT2D eigenvalue weighted by atomic mass is 10.2. The van der Waals surface area contributed by atoms with Gasteiger partial charge < -0.3 is 4.74 Å². The second-order valence-corrected chi connectivity index (χ2v) is 3.45. The van der Waals surface area contributed by atoms with Gasteiger partial charge in [-0.3, -0.25) is 0 Å². The molecule has 15 heavy (non-hydrogen) atoms. The number of hydrogen-bond acceptors (Lipinski definition) is 3. The van der Waals surface area contributed by atoms with E-state index >= 15 is 0 Å². The van der Waals surface area contributed by atoms with Crippen LogP contribution in [0.2, 0.25) is 5.02 Å². The van der Waals surface area contributed by atoms with Crippen LogP contribution >= 0.6 is 11.6 Å². The molecule has 0 amide bonds. The predicted molar refractivity (Wildman–Crippen MR) is 59.4 cm³/mol. The average Bonchev–Trinajstić information content (AvgIpc) is 2.26. The fourth-order valence-corrected chi connectivity index (χ4v) is 1.37. The Labute approximate surface area is 93.7 Å². The molecule has 0 aliphatic carbocycles. The molecule has 0 radical (unpaired) electrons. The molecule has 0 saturated heterocycles. The Morgan fingerprint density at radius 2 is 2.07 bits per heavy atom. The van der Waals surface area contributed by atoms with Crippen LogP contribution in [-0.4, -0.2) is 18.7 Å². The molecule has 4 nitrogen and oxygen atoms in total. The number of nitrogens with zero attached hydrogens (tertiary/aromatic N) is 2. The fourth-order valence-electron chi connectivity index (χ4n) is 1.25. The minimum Gasteiger partial charge on any atom is -0.353 e. The summed E-state index contributed by atoms with van der Waals surface area (Å²) >= 11 is 5.77. The fraction of sp³-hybridized carbons (Fsp3) is 0.400. The van der Waals surface area contributed by atoms with Crippen LogP contribution < -0.4 is 0 Å². The van der Waals surface area contributed by atoms with Gasteiger partial charge in [0.2, 0.25) is 0 Å². The smallest absolute Gasteiger partial charge is 0.174 e. The highest BCUT2D eigenvalue weighted by Gasteiger charge is 2.16. The molecule has 1 aromatic carbocycles. The van der Waals surface area contributed by atoms with Gasteiger partial charge in [-0.05, 0) is 19.1 Å². The molecule has 0 N–H and O–H groups in total. The van der Waals surface area contributed by atoms with Crippen molar-refractivity contribution in [3.63, 3.8) is 0 Å². The lowest BCUT2D eigenvalue weighted by Gasteiger charge is -2.22. The van der Waals surface area contributed by atoms with E-state index < -0.39 is 6.23 Å². The molecule has 1 atom stereocenters. The zero-order valence-corrected chi connectivity index (χ0v) is 9.44. The number of rotatable bonds is 5. The highest BCUT2D eigenvalue weighted by Crippen LogP contribution is 2.22. The molecule has 1 rings (SSSR count). The van der Waals surface area contributed by atoms with Crippen LogP contribution in [0.3, 0.4) is 0 Å². The van der Waals surface area contributed by atoms with Crippen molar-refractivity contribution < 1.29 is 4.74 Å². The topological polar surface area (TPSA) is 41.9 Å². The first-order valence-corrected chi connectivity index (χ1v) is 5.00. The summed E-state index contributed by atoms with van der Waals surface area (Å²) in [4.78, 5) is 10.4. The van der Waals surface area contributed by atoms with E-state index in [0.29, 0.717) is 11.6 Å². The molecule has 0 aliphatic heterocycles. The minimum atomic E-state index is -0.454. The highest BCUT2D eigenvalue weighted by molar-refractivity contribution is 6.30. The monoisotopic (exact) mass is 228 g/mol. The van der Waals surface area contributed by atoms with E-state index in [0.717, 1.165) is 5.56 Å². The Kier molecular flexibility index (Phi) is 4.52. The molecule has 1 aromatic rings. The van der Waals surface area contributed by atoms with Gasteiger partial charge in [-0.15, -0.1) is 4.91 Å². The van der Waals surface area contributed by atoms with Crippen molar-refractivity contribution in [3.05, 3.63) is 39.8 Å². The van der Waals surface area contributed by atoms with E-state index in [2.05, 4.69) is 5.29 Å². The number of nitroso groups, excluding NO2 is 1. The standard InChI is InChI=1S/C10H13ClN2O2/c1-3-15-10(13(2)12-14)8-4-6-9(11)7-5-8/h4-7,10H,3H2,1-2H3. The first-order chi connectivity index (χ1) is 7.19. The van der Waals surface area contributed by atoms with Crippen LogP contribution in [0.5, 0.6) is 0 Å². The number of hydrogen-bond donors (Lipinski definition) is 0. The second-order valence-electron chi connectivity index (χ2n) is 3.01. The van der Waals surface area contributed by atoms with Crippen molar-refractivity contribution in [1.29, 1.82) is 0 Å². The van der Waals surface area contributed by atoms with Crippen molar-refractivity contribution in [2.45, 2.75) is 13.2 Å². The van der Waals surface area contributed by atoms with Crippen molar-refractivity contribution in [3.8, 4) is 0 Å². The summed E-state index contributed by atoms with van der Waals surface area (Å²) < 4.78 is 5.41. The molecule has 0 fully saturated rings. The van der Waals surface area contributed by atoms with Gasteiger partial charge in [0.15, 0.2) is 6.23 Å². The normalized spacial score (nSPS) is 12.2. The highest BCUT2D eigenvalue weighted by atomic mass is 35.5. The Hall–Kier alpha value is -1.13. The Balaban J connectivity index is 2.88. The van der Waals surface area contributed by atoms with Gasteiger partial charge in [-0.25, -0.2) is 5.01 Å². The number of halogens is 1. The van der Waals surface area contributed by atoms with Crippen LogP contribution in [0, 0.1) is 4.91 Å². The third-order valence-electron chi connectivity index (χ3n) is 1.95. The first kappa shape index (κ1) is 11.9. The van der Waals surface area contributed by atoms with Crippen molar-refractivity contribution in [2.75, 3.05) is 13.7 Å². The minimum absolute atomic E-state index is 0.454. The average molecular weight is 229 g/mol. The zero-order chi connectivity index (χ0) is 11.3. The molecule has 0 spiro atoms. The molecular weight excluding hydrogens is 216 g/mol. The van der Waals surface area contributed by atoms with Gasteiger partial charge in [-0.1, -0.05) is 23.7 Å². The van der Waals surface area contributed by atoms with Gasteiger partial charge in [-0.2, -0.15) is 0 Å². The van der Waals surface area contributed by atoms with Crippen LogP contribution in [0.25, 0.3) is 0 Å². The van der Waals surface area contributed by atoms with E-state index in [1.807, 2.05) is 19.1 Å². The Morgan fingerprint density at radius 3 is 2.53 bits per heavy atom. The SMILES string of the molecule is CCOC(c1ccc(Cl)cc1)N(C)N=O. The van der Waals surface area contributed by atoms with E-state index in [9.17, 15) is 4.91 Å². The molecule has 5 heteroatoms. The summed E-state index contributed by atoms with van der Waals surface area (Å²) in [5, 5.41) is 4.71. The first-order valence-electron chi connectivity index (χ1n) is 4.62. The van der Waals surface area contributed by atoms with Crippen LogP contribution in [0.1, 0.15) is 18.7 Å². The van der Waals surface area contributed by atoms with E-state index in [1.54, 1.807) is 19.2 Å². The molecule has 0 aliphatic rings. The summed E-state index contributed by atoms with van der Waals surface area (Å²) in [5.74, 6) is 0. The largest absolute Gasteiger partial charge is 0.353 e. The maximum Gasteiger partial charge on any atom is 0.174 e. The molecule has 0 heterocycles. The quantitative estimate of drug-likeness (QED) is 0.442. The van der Waals surface area contributed by atoms with E-state index in [1.165, 1.54) is 5.01 Å². The van der Waals surface area contributed by atoms with E-state index in [4.69, 9.17) is 16.3 Å². The number of benzene rings is 1. The van der Waals surface area contributed by atoms with Crippen LogP contribution in [0.4, 0.5) is 0 Å². The van der Waals surface area contributed by atoms with Crippen LogP contribution in [-0.2, 0) is 4.74 Å². The molecule has 0 aromatic heterocycles. The predicted octanol–water partition coefficient (Wildman–Crippen LogP) is 2.99. The summed E-state index contributed by atoms with van der Waals surface area (Å²) in [5.41, 5.74) is 0.850. The lowest BCUT2D eigenvalue weighted by molar-refractivity contribution is -0.0449. The van der Waals surface area contributed by atoms with Gasteiger partial charge in [0.25, 0.3) is 0 Å². The molecule has 0 bridgehead atoms. The van der Waals surface area contributed by atoms with Gasteiger partial charge in [0.1, 0.15) is 0 Å². The second kappa shape index (κ2) is 5.68. The summed E-state index contributed by atoms with van der Waals surface area (Å²) in [6.45, 7) is 2.37. The summed E-state index contributed by atoms with van der Waals surface area (Å²) in [6.07, 6.45) is -0.454. The third-order valence-corrected chi connectivity index (χ3v) is 2.20. The summed E-state index contributed by atoms with van der Waals surface area (Å²) in [7, 11) is 1.57. The lowest BCUT2D eigenvalue weighted by Crippen LogP contribution is -2.21. The Bertz CT molecular complexity index is 316. The van der Waals surface area contributed by atoms with Crippen molar-refractivity contribution >= 4 is 11.6 Å². The Morgan fingerprint density at radius 1 is 1.47 bits per heavy atom. The van der Waals surface area contributed by atoms with Gasteiger partial charge >= 0.3 is 0 Å². The maximum atomic E-state index is 10.4. The third kappa shape index (κ3) is 3.18. The number of ether oxygens (including phenoxy) is 1. The van der Waals surface area contributed by atoms with Crippen molar-refractivity contribution in [1.82, 2.24) is 5.01 Å².